The van der Waals surface area contributed by atoms with E-state index in [1.807, 2.05) is 26.8 Å². The van der Waals surface area contributed by atoms with E-state index in [0.717, 1.165) is 24.0 Å². The topological polar surface area (TPSA) is 58.9 Å². The second-order valence-electron chi connectivity index (χ2n) is 8.95. The Kier molecular flexibility index (Phi) is 5.39. The zero-order chi connectivity index (χ0) is 20.7. The SMILES string of the molecule is C=CCON=C1CC2[C@](C)(C(=O)O)CCC[C@]2(C)c2cc(F)c(C(C)C)cc21. The lowest BCUT2D eigenvalue weighted by atomic mass is 9.49. The molecular formula is C23H30FNO3. The van der Waals surface area contributed by atoms with Gasteiger partial charge in [0, 0.05) is 5.56 Å². The highest BCUT2D eigenvalue weighted by atomic mass is 19.1. The Labute approximate surface area is 166 Å². The third-order valence-corrected chi connectivity index (χ3v) is 6.87. The van der Waals surface area contributed by atoms with Gasteiger partial charge in [-0.15, -0.1) is 0 Å². The van der Waals surface area contributed by atoms with Crippen LogP contribution in [0.15, 0.2) is 29.9 Å². The van der Waals surface area contributed by atoms with Crippen LogP contribution in [0.2, 0.25) is 0 Å². The van der Waals surface area contributed by atoms with Crippen LogP contribution in [0.1, 0.15) is 76.0 Å². The molecule has 0 aliphatic heterocycles. The van der Waals surface area contributed by atoms with Crippen molar-refractivity contribution in [2.24, 2.45) is 16.5 Å². The first-order chi connectivity index (χ1) is 13.1. The van der Waals surface area contributed by atoms with Crippen molar-refractivity contribution in [1.82, 2.24) is 0 Å². The Bertz CT molecular complexity index is 831. The third-order valence-electron chi connectivity index (χ3n) is 6.87. The summed E-state index contributed by atoms with van der Waals surface area (Å²) in [5.74, 6) is -1.15. The first-order valence-corrected chi connectivity index (χ1v) is 10.0. The van der Waals surface area contributed by atoms with Gasteiger partial charge >= 0.3 is 5.97 Å². The standard InChI is InChI=1S/C23H30FNO3/c1-6-10-28-25-19-13-20-22(4,8-7-9-23(20,5)21(26)27)17-12-18(24)15(14(2)3)11-16(17)19/h6,11-12,14,20H,1,7-10,13H2,2-5H3,(H,26,27)/t20?,22-,23-/m1/s1. The molecule has 0 saturated heterocycles. The van der Waals surface area contributed by atoms with Gasteiger partial charge in [0.25, 0.3) is 0 Å². The smallest absolute Gasteiger partial charge is 0.309 e. The fraction of sp³-hybridized carbons (Fsp3) is 0.565. The molecule has 1 aromatic rings. The molecule has 0 aromatic heterocycles. The number of carbonyl (C=O) groups is 1. The van der Waals surface area contributed by atoms with Crippen molar-refractivity contribution < 1.29 is 19.1 Å². The zero-order valence-corrected chi connectivity index (χ0v) is 17.2. The van der Waals surface area contributed by atoms with Crippen LogP contribution in [-0.4, -0.2) is 23.4 Å². The number of nitrogens with zero attached hydrogens (tertiary/aromatic N) is 1. The van der Waals surface area contributed by atoms with Crippen molar-refractivity contribution in [2.45, 2.75) is 64.7 Å². The van der Waals surface area contributed by atoms with Crippen LogP contribution in [-0.2, 0) is 15.0 Å². The number of halogens is 1. The first kappa shape index (κ1) is 20.6. The van der Waals surface area contributed by atoms with Crippen molar-refractivity contribution in [3.05, 3.63) is 47.3 Å². The summed E-state index contributed by atoms with van der Waals surface area (Å²) in [6, 6.07) is 3.51. The van der Waals surface area contributed by atoms with Crippen molar-refractivity contribution >= 4 is 11.7 Å². The first-order valence-electron chi connectivity index (χ1n) is 10.0. The van der Waals surface area contributed by atoms with Crippen LogP contribution in [0.3, 0.4) is 0 Å². The van der Waals surface area contributed by atoms with E-state index in [1.54, 1.807) is 12.1 Å². The maximum Gasteiger partial charge on any atom is 0.309 e. The van der Waals surface area contributed by atoms with Gasteiger partial charge in [-0.3, -0.25) is 4.79 Å². The number of oxime groups is 1. The van der Waals surface area contributed by atoms with Gasteiger partial charge in [-0.25, -0.2) is 4.39 Å². The number of hydrogen-bond donors (Lipinski definition) is 1. The van der Waals surface area contributed by atoms with E-state index in [-0.39, 0.29) is 24.3 Å². The molecule has 152 valence electrons. The molecule has 5 heteroatoms. The summed E-state index contributed by atoms with van der Waals surface area (Å²) in [6.07, 6.45) is 4.39. The maximum absolute atomic E-state index is 14.9. The highest BCUT2D eigenvalue weighted by molar-refractivity contribution is 6.04. The average molecular weight is 387 g/mol. The molecule has 2 aliphatic carbocycles. The summed E-state index contributed by atoms with van der Waals surface area (Å²) >= 11 is 0. The number of rotatable bonds is 5. The molecule has 0 radical (unpaired) electrons. The predicted molar refractivity (Wildman–Crippen MR) is 108 cm³/mol. The molecule has 0 amide bonds. The summed E-state index contributed by atoms with van der Waals surface area (Å²) in [7, 11) is 0. The Balaban J connectivity index is 2.22. The van der Waals surface area contributed by atoms with Gasteiger partial charge in [0.2, 0.25) is 0 Å². The predicted octanol–water partition coefficient (Wildman–Crippen LogP) is 5.41. The summed E-state index contributed by atoms with van der Waals surface area (Å²) in [6.45, 7) is 11.8. The second-order valence-corrected chi connectivity index (χ2v) is 8.95. The van der Waals surface area contributed by atoms with Crippen LogP contribution < -0.4 is 0 Å². The van der Waals surface area contributed by atoms with Crippen molar-refractivity contribution in [3.8, 4) is 0 Å². The van der Waals surface area contributed by atoms with E-state index in [4.69, 9.17) is 4.84 Å². The summed E-state index contributed by atoms with van der Waals surface area (Å²) in [5.41, 5.74) is 1.82. The lowest BCUT2D eigenvalue weighted by Crippen LogP contribution is -2.53. The fourth-order valence-corrected chi connectivity index (χ4v) is 5.20. The number of fused-ring (bicyclic) bond motifs is 3. The minimum Gasteiger partial charge on any atom is -0.481 e. The van der Waals surface area contributed by atoms with Gasteiger partial charge in [0.05, 0.1) is 11.1 Å². The van der Waals surface area contributed by atoms with Gasteiger partial charge in [0.15, 0.2) is 0 Å². The van der Waals surface area contributed by atoms with E-state index in [2.05, 4.69) is 18.7 Å². The fourth-order valence-electron chi connectivity index (χ4n) is 5.20. The van der Waals surface area contributed by atoms with Crippen molar-refractivity contribution in [2.75, 3.05) is 6.61 Å². The molecular weight excluding hydrogens is 357 g/mol. The average Bonchev–Trinajstić information content (AvgIpc) is 2.62. The van der Waals surface area contributed by atoms with Gasteiger partial charge in [0.1, 0.15) is 12.4 Å². The normalized spacial score (nSPS) is 30.6. The van der Waals surface area contributed by atoms with E-state index in [0.29, 0.717) is 24.1 Å². The molecule has 1 saturated carbocycles. The van der Waals surface area contributed by atoms with Crippen LogP contribution in [0.5, 0.6) is 0 Å². The largest absolute Gasteiger partial charge is 0.481 e. The number of carboxylic acids is 1. The summed E-state index contributed by atoms with van der Waals surface area (Å²) in [4.78, 5) is 17.6. The minimum atomic E-state index is -0.878. The van der Waals surface area contributed by atoms with Crippen molar-refractivity contribution in [1.29, 1.82) is 0 Å². The summed E-state index contributed by atoms with van der Waals surface area (Å²) < 4.78 is 14.9. The Morgan fingerprint density at radius 3 is 2.75 bits per heavy atom. The van der Waals surface area contributed by atoms with Crippen LogP contribution in [0.4, 0.5) is 4.39 Å². The molecule has 1 N–H and O–H groups in total. The molecule has 3 atom stereocenters. The molecule has 2 aliphatic rings. The number of hydrogen-bond acceptors (Lipinski definition) is 3. The van der Waals surface area contributed by atoms with Gasteiger partial charge in [-0.2, -0.15) is 0 Å². The lowest BCUT2D eigenvalue weighted by Gasteiger charge is -2.53. The number of aliphatic carboxylic acids is 1. The highest BCUT2D eigenvalue weighted by Crippen LogP contribution is 2.57. The molecule has 1 aromatic carbocycles. The van der Waals surface area contributed by atoms with Gasteiger partial charge in [-0.1, -0.05) is 45.0 Å². The Hall–Kier alpha value is -2.17. The molecule has 0 bridgehead atoms. The van der Waals surface area contributed by atoms with Crippen LogP contribution in [0, 0.1) is 17.2 Å². The van der Waals surface area contributed by atoms with Gasteiger partial charge < -0.3 is 9.94 Å². The number of benzene rings is 1. The van der Waals surface area contributed by atoms with Crippen LogP contribution in [0.25, 0.3) is 0 Å². The highest BCUT2D eigenvalue weighted by Gasteiger charge is 2.56. The maximum atomic E-state index is 14.9. The molecule has 0 heterocycles. The monoisotopic (exact) mass is 387 g/mol. The second kappa shape index (κ2) is 7.34. The van der Waals surface area contributed by atoms with E-state index in [1.165, 1.54) is 0 Å². The molecule has 3 rings (SSSR count). The quantitative estimate of drug-likeness (QED) is 0.418. The Morgan fingerprint density at radius 2 is 2.14 bits per heavy atom. The van der Waals surface area contributed by atoms with E-state index in [9.17, 15) is 14.3 Å². The molecule has 0 spiro atoms. The van der Waals surface area contributed by atoms with E-state index >= 15 is 0 Å². The van der Waals surface area contributed by atoms with E-state index < -0.39 is 16.8 Å². The summed E-state index contributed by atoms with van der Waals surface area (Å²) in [5, 5.41) is 14.3. The molecule has 4 nitrogen and oxygen atoms in total. The molecule has 28 heavy (non-hydrogen) atoms. The Morgan fingerprint density at radius 1 is 1.43 bits per heavy atom. The van der Waals surface area contributed by atoms with Gasteiger partial charge in [-0.05, 0) is 66.7 Å². The lowest BCUT2D eigenvalue weighted by molar-refractivity contribution is -0.156. The van der Waals surface area contributed by atoms with Crippen molar-refractivity contribution in [3.63, 3.8) is 0 Å². The zero-order valence-electron chi connectivity index (χ0n) is 17.2. The molecule has 1 fully saturated rings. The third kappa shape index (κ3) is 3.15. The minimum absolute atomic E-state index is 0.0433. The number of carboxylic acid groups (broad SMARTS) is 1. The van der Waals surface area contributed by atoms with Crippen LogP contribution >= 0.6 is 0 Å². The molecule has 1 unspecified atom stereocenters.